The van der Waals surface area contributed by atoms with Crippen LogP contribution in [0.25, 0.3) is 0 Å². The second-order valence-electron chi connectivity index (χ2n) is 6.75. The minimum Gasteiger partial charge on any atom is -0.353 e. The maximum Gasteiger partial charge on any atom is 0.416 e. The fourth-order valence-corrected chi connectivity index (χ4v) is 3.35. The summed E-state index contributed by atoms with van der Waals surface area (Å²) in [5.41, 5.74) is 4.85. The summed E-state index contributed by atoms with van der Waals surface area (Å²) in [6.45, 7) is 0. The van der Waals surface area contributed by atoms with Gasteiger partial charge in [-0.1, -0.05) is 18.2 Å². The summed E-state index contributed by atoms with van der Waals surface area (Å²) in [5, 5.41) is 3.02. The van der Waals surface area contributed by atoms with Gasteiger partial charge < -0.3 is 11.1 Å². The molecule has 6 heteroatoms. The fraction of sp³-hybridized carbons (Fsp3) is 0.588. The van der Waals surface area contributed by atoms with Gasteiger partial charge in [0.25, 0.3) is 0 Å². The molecular formula is C17H21F3N2O. The molecule has 0 saturated heterocycles. The number of halogens is 3. The third-order valence-electron chi connectivity index (χ3n) is 5.03. The molecule has 3 nitrogen and oxygen atoms in total. The van der Waals surface area contributed by atoms with Crippen LogP contribution in [-0.4, -0.2) is 18.0 Å². The van der Waals surface area contributed by atoms with E-state index in [1.54, 1.807) is 6.07 Å². The molecular weight excluding hydrogens is 305 g/mol. The Labute approximate surface area is 133 Å². The molecule has 2 fully saturated rings. The van der Waals surface area contributed by atoms with E-state index in [2.05, 4.69) is 5.32 Å². The standard InChI is InChI=1S/C17H21F3N2O/c18-17(19,20)12-3-1-2-11(10-12)16(8-9-16)15(23)22-14-6-4-13(21)5-7-14/h1-3,10,13-14H,4-9,21H2,(H,22,23). The molecule has 0 bridgehead atoms. The van der Waals surface area contributed by atoms with Gasteiger partial charge in [-0.25, -0.2) is 0 Å². The normalized spacial score (nSPS) is 26.6. The maximum atomic E-state index is 12.9. The third-order valence-corrected chi connectivity index (χ3v) is 5.03. The van der Waals surface area contributed by atoms with Gasteiger partial charge in [0, 0.05) is 12.1 Å². The van der Waals surface area contributed by atoms with Crippen LogP contribution < -0.4 is 11.1 Å². The molecule has 0 heterocycles. The molecule has 0 aliphatic heterocycles. The van der Waals surface area contributed by atoms with Crippen LogP contribution in [-0.2, 0) is 16.4 Å². The predicted molar refractivity (Wildman–Crippen MR) is 80.7 cm³/mol. The Morgan fingerprint density at radius 2 is 1.83 bits per heavy atom. The molecule has 23 heavy (non-hydrogen) atoms. The highest BCUT2D eigenvalue weighted by Gasteiger charge is 2.52. The largest absolute Gasteiger partial charge is 0.416 e. The van der Waals surface area contributed by atoms with Crippen LogP contribution in [0.2, 0.25) is 0 Å². The van der Waals surface area contributed by atoms with Crippen LogP contribution in [0, 0.1) is 0 Å². The van der Waals surface area contributed by atoms with Crippen molar-refractivity contribution in [2.24, 2.45) is 5.73 Å². The quantitative estimate of drug-likeness (QED) is 0.897. The number of carbonyl (C=O) groups excluding carboxylic acids is 1. The number of carbonyl (C=O) groups is 1. The topological polar surface area (TPSA) is 55.1 Å². The minimum atomic E-state index is -4.39. The lowest BCUT2D eigenvalue weighted by molar-refractivity contribution is -0.137. The van der Waals surface area contributed by atoms with E-state index in [1.807, 2.05) is 0 Å². The molecule has 1 amide bonds. The summed E-state index contributed by atoms with van der Waals surface area (Å²) in [6.07, 6.45) is 0.251. The summed E-state index contributed by atoms with van der Waals surface area (Å²) in [7, 11) is 0. The van der Waals surface area contributed by atoms with E-state index in [9.17, 15) is 18.0 Å². The van der Waals surface area contributed by atoms with Gasteiger partial charge in [0.05, 0.1) is 11.0 Å². The Bertz CT molecular complexity index is 588. The van der Waals surface area contributed by atoms with Gasteiger partial charge in [-0.2, -0.15) is 13.2 Å². The number of nitrogens with one attached hydrogen (secondary N) is 1. The second-order valence-corrected chi connectivity index (χ2v) is 6.75. The number of nitrogens with two attached hydrogens (primary N) is 1. The first-order valence-corrected chi connectivity index (χ1v) is 8.05. The van der Waals surface area contributed by atoms with Crippen molar-refractivity contribution in [2.45, 2.75) is 62.2 Å². The molecule has 2 aliphatic rings. The van der Waals surface area contributed by atoms with Crippen molar-refractivity contribution in [1.29, 1.82) is 0 Å². The van der Waals surface area contributed by atoms with Crippen molar-refractivity contribution < 1.29 is 18.0 Å². The van der Waals surface area contributed by atoms with Gasteiger partial charge in [-0.05, 0) is 50.2 Å². The van der Waals surface area contributed by atoms with Crippen molar-refractivity contribution in [3.8, 4) is 0 Å². The van der Waals surface area contributed by atoms with Crippen LogP contribution >= 0.6 is 0 Å². The molecule has 0 atom stereocenters. The first-order valence-electron chi connectivity index (χ1n) is 8.05. The number of amides is 1. The minimum absolute atomic E-state index is 0.0885. The zero-order valence-electron chi connectivity index (χ0n) is 12.8. The number of alkyl halides is 3. The van der Waals surface area contributed by atoms with Gasteiger partial charge in [-0.15, -0.1) is 0 Å². The van der Waals surface area contributed by atoms with Gasteiger partial charge >= 0.3 is 6.18 Å². The van der Waals surface area contributed by atoms with Crippen molar-refractivity contribution in [3.63, 3.8) is 0 Å². The Balaban J connectivity index is 1.73. The lowest BCUT2D eigenvalue weighted by atomic mass is 9.89. The molecule has 0 aromatic heterocycles. The molecule has 0 unspecified atom stereocenters. The molecule has 2 saturated carbocycles. The maximum absolute atomic E-state index is 12.9. The Kier molecular flexibility index (Phi) is 4.12. The number of benzene rings is 1. The molecule has 1 aromatic carbocycles. The first kappa shape index (κ1) is 16.3. The molecule has 2 aliphatic carbocycles. The van der Waals surface area contributed by atoms with Gasteiger partial charge in [0.15, 0.2) is 0 Å². The van der Waals surface area contributed by atoms with E-state index in [0.29, 0.717) is 18.4 Å². The average Bonchev–Trinajstić information content (AvgIpc) is 3.31. The second kappa shape index (κ2) is 5.82. The Morgan fingerprint density at radius 1 is 1.17 bits per heavy atom. The molecule has 3 rings (SSSR count). The summed E-state index contributed by atoms with van der Waals surface area (Å²) < 4.78 is 38.6. The van der Waals surface area contributed by atoms with Crippen molar-refractivity contribution in [2.75, 3.05) is 0 Å². The van der Waals surface area contributed by atoms with Crippen LogP contribution in [0.3, 0.4) is 0 Å². The number of rotatable bonds is 3. The van der Waals surface area contributed by atoms with Gasteiger partial charge in [0.1, 0.15) is 0 Å². The van der Waals surface area contributed by atoms with Crippen LogP contribution in [0.1, 0.15) is 49.7 Å². The Morgan fingerprint density at radius 3 is 2.39 bits per heavy atom. The van der Waals surface area contributed by atoms with Crippen LogP contribution in [0.4, 0.5) is 13.2 Å². The SMILES string of the molecule is NC1CCC(NC(=O)C2(c3cccc(C(F)(F)F)c3)CC2)CC1. The van der Waals surface area contributed by atoms with Gasteiger partial charge in [0.2, 0.25) is 5.91 Å². The van der Waals surface area contributed by atoms with E-state index >= 15 is 0 Å². The summed E-state index contributed by atoms with van der Waals surface area (Å²) in [4.78, 5) is 12.6. The lowest BCUT2D eigenvalue weighted by Gasteiger charge is -2.28. The molecule has 3 N–H and O–H groups in total. The molecule has 1 aromatic rings. The third kappa shape index (κ3) is 3.37. The smallest absolute Gasteiger partial charge is 0.353 e. The number of hydrogen-bond donors (Lipinski definition) is 2. The van der Waals surface area contributed by atoms with E-state index in [-0.39, 0.29) is 18.0 Å². The summed E-state index contributed by atoms with van der Waals surface area (Å²) in [5.74, 6) is -0.141. The van der Waals surface area contributed by atoms with E-state index in [0.717, 1.165) is 37.8 Å². The summed E-state index contributed by atoms with van der Waals surface area (Å²) in [6, 6.07) is 5.44. The highest BCUT2D eigenvalue weighted by Crippen LogP contribution is 2.49. The number of hydrogen-bond acceptors (Lipinski definition) is 2. The highest BCUT2D eigenvalue weighted by molar-refractivity contribution is 5.91. The van der Waals surface area contributed by atoms with Crippen LogP contribution in [0.5, 0.6) is 0 Å². The van der Waals surface area contributed by atoms with Gasteiger partial charge in [-0.3, -0.25) is 4.79 Å². The van der Waals surface area contributed by atoms with E-state index in [1.165, 1.54) is 6.07 Å². The predicted octanol–water partition coefficient (Wildman–Crippen LogP) is 3.12. The average molecular weight is 326 g/mol. The molecule has 0 radical (unpaired) electrons. The Hall–Kier alpha value is -1.56. The van der Waals surface area contributed by atoms with E-state index < -0.39 is 17.2 Å². The van der Waals surface area contributed by atoms with Crippen LogP contribution in [0.15, 0.2) is 24.3 Å². The zero-order valence-corrected chi connectivity index (χ0v) is 12.8. The lowest BCUT2D eigenvalue weighted by Crippen LogP contribution is -2.44. The monoisotopic (exact) mass is 326 g/mol. The first-order chi connectivity index (χ1) is 10.8. The van der Waals surface area contributed by atoms with Crippen molar-refractivity contribution in [1.82, 2.24) is 5.32 Å². The van der Waals surface area contributed by atoms with Crippen molar-refractivity contribution in [3.05, 3.63) is 35.4 Å². The van der Waals surface area contributed by atoms with Crippen molar-refractivity contribution >= 4 is 5.91 Å². The molecule has 0 spiro atoms. The highest BCUT2D eigenvalue weighted by atomic mass is 19.4. The van der Waals surface area contributed by atoms with E-state index in [4.69, 9.17) is 5.73 Å². The molecule has 126 valence electrons. The fourth-order valence-electron chi connectivity index (χ4n) is 3.35. The zero-order chi connectivity index (χ0) is 16.7. The summed E-state index contributed by atoms with van der Waals surface area (Å²) >= 11 is 0.